The summed E-state index contributed by atoms with van der Waals surface area (Å²) in [6.07, 6.45) is -0.668. The Morgan fingerprint density at radius 1 is 0.700 bits per heavy atom. The normalized spacial score (nSPS) is 16.8. The van der Waals surface area contributed by atoms with E-state index >= 15 is 0 Å². The molecule has 2 aliphatic rings. The molecule has 0 saturated carbocycles. The van der Waals surface area contributed by atoms with E-state index in [4.69, 9.17) is 4.52 Å². The molecule has 3 aromatic rings. The smallest absolute Gasteiger partial charge is 0.328 e. The van der Waals surface area contributed by atoms with Gasteiger partial charge in [-0.15, -0.1) is 5.10 Å². The molecule has 4 atom stereocenters. The molecule has 3 heterocycles. The van der Waals surface area contributed by atoms with Gasteiger partial charge in [0, 0.05) is 102 Å². The quantitative estimate of drug-likeness (QED) is 0.0372. The molecule has 2 aliphatic heterocycles. The fourth-order valence-electron chi connectivity index (χ4n) is 9.64. The number of nitrogens with one attached hydrogen (secondary N) is 2. The Morgan fingerprint density at radius 2 is 1.31 bits per heavy atom. The summed E-state index contributed by atoms with van der Waals surface area (Å²) in [5.74, 6) is -8.98. The largest absolute Gasteiger partial charge is 0.481 e. The number of hydrogen-bond acceptors (Lipinski definition) is 16. The number of ketones is 1. The van der Waals surface area contributed by atoms with Crippen LogP contribution >= 0.6 is 7.60 Å². The molecule has 0 aliphatic carbocycles. The summed E-state index contributed by atoms with van der Waals surface area (Å²) >= 11 is 0. The number of nitrogens with zero attached hydrogens (tertiary/aromatic N) is 8. The number of carbonyl (C=O) groups excluding carboxylic acids is 4. The molecule has 0 spiro atoms. The predicted octanol–water partition coefficient (Wildman–Crippen LogP) is 3.19. The van der Waals surface area contributed by atoms with Gasteiger partial charge in [-0.2, -0.15) is 0 Å². The van der Waals surface area contributed by atoms with E-state index in [-0.39, 0.29) is 82.8 Å². The van der Waals surface area contributed by atoms with E-state index in [1.165, 1.54) is 0 Å². The van der Waals surface area contributed by atoms with Crippen LogP contribution in [0.2, 0.25) is 0 Å². The SMILES string of the molecule is CCCC(CP(=O)(O)OCCC(CC(=O)CC[C@@H](NC(=O)CCCCC(=O)N1Cc2ccccc2-c2c(nnn2CCCNC(=O)CN2CCN(C)CCN(C)CCN(CC(=O)O)CC2)-c2ccccc21)C(=O)O)C(=O)O)C(=O)O. The van der Waals surface area contributed by atoms with Crippen molar-refractivity contribution in [2.24, 2.45) is 11.8 Å². The number of hydrogen-bond donors (Lipinski definition) is 7. The maximum absolute atomic E-state index is 14.2. The number of anilines is 1. The third-order valence-corrected chi connectivity index (χ3v) is 15.8. The number of carbonyl (C=O) groups is 8. The molecule has 3 amide bonds. The molecule has 3 unspecified atom stereocenters. The van der Waals surface area contributed by atoms with Gasteiger partial charge in [-0.05, 0) is 64.3 Å². The third-order valence-electron chi connectivity index (χ3n) is 14.3. The van der Waals surface area contributed by atoms with Crippen molar-refractivity contribution < 1.29 is 72.8 Å². The summed E-state index contributed by atoms with van der Waals surface area (Å²) in [6.45, 7) is 7.84. The number of aromatic nitrogens is 3. The highest BCUT2D eigenvalue weighted by molar-refractivity contribution is 7.52. The average molecular weight is 1140 g/mol. The number of para-hydroxylation sites is 1. The Morgan fingerprint density at radius 3 is 1.96 bits per heavy atom. The van der Waals surface area contributed by atoms with Crippen LogP contribution in [0.3, 0.4) is 0 Å². The number of aryl methyl sites for hydroxylation is 1. The zero-order chi connectivity index (χ0) is 58.4. The van der Waals surface area contributed by atoms with Gasteiger partial charge in [0.25, 0.3) is 0 Å². The number of Topliss-reactive ketones (excluding diaryl/α,β-unsaturated/α-hetero) is 1. The van der Waals surface area contributed by atoms with Gasteiger partial charge in [0.15, 0.2) is 0 Å². The highest BCUT2D eigenvalue weighted by Crippen LogP contribution is 2.45. The van der Waals surface area contributed by atoms with Gasteiger partial charge in [0.05, 0.1) is 55.6 Å². The second-order valence-electron chi connectivity index (χ2n) is 20.7. The van der Waals surface area contributed by atoms with Crippen molar-refractivity contribution in [2.75, 3.05) is 104 Å². The molecule has 0 bridgehead atoms. The lowest BCUT2D eigenvalue weighted by Crippen LogP contribution is -2.47. The van der Waals surface area contributed by atoms with Crippen molar-refractivity contribution in [1.29, 1.82) is 0 Å². The maximum atomic E-state index is 14.2. The minimum Gasteiger partial charge on any atom is -0.481 e. The number of amides is 3. The molecule has 2 aromatic carbocycles. The first-order valence-corrected chi connectivity index (χ1v) is 29.1. The summed E-state index contributed by atoms with van der Waals surface area (Å²) in [4.78, 5) is 121. The lowest BCUT2D eigenvalue weighted by atomic mass is 9.95. The minimum absolute atomic E-state index is 0.0506. The second-order valence-corrected chi connectivity index (χ2v) is 22.6. The number of carboxylic acid groups (broad SMARTS) is 4. The van der Waals surface area contributed by atoms with Crippen LogP contribution in [-0.4, -0.2) is 212 Å². The zero-order valence-electron chi connectivity index (χ0n) is 46.1. The highest BCUT2D eigenvalue weighted by atomic mass is 31.2. The van der Waals surface area contributed by atoms with Crippen LogP contribution < -0.4 is 15.5 Å². The van der Waals surface area contributed by atoms with E-state index < -0.39 is 80.2 Å². The molecule has 7 N–H and O–H groups in total. The number of benzene rings is 2. The summed E-state index contributed by atoms with van der Waals surface area (Å²) in [5.41, 5.74) is 4.31. The van der Waals surface area contributed by atoms with Gasteiger partial charge < -0.3 is 55.2 Å². The van der Waals surface area contributed by atoms with Gasteiger partial charge in [-0.3, -0.25) is 47.9 Å². The molecule has 80 heavy (non-hydrogen) atoms. The molecule has 1 aromatic heterocycles. The number of fused-ring (bicyclic) bond motifs is 5. The minimum atomic E-state index is -4.38. The van der Waals surface area contributed by atoms with Crippen molar-refractivity contribution in [3.8, 4) is 22.5 Å². The van der Waals surface area contributed by atoms with Crippen molar-refractivity contribution in [2.45, 2.75) is 96.7 Å². The maximum Gasteiger partial charge on any atom is 0.328 e. The van der Waals surface area contributed by atoms with E-state index in [0.29, 0.717) is 69.1 Å². The van der Waals surface area contributed by atoms with E-state index in [2.05, 4.69) is 42.7 Å². The summed E-state index contributed by atoms with van der Waals surface area (Å²) in [7, 11) is -0.290. The molecular formula is C54H79N10O15P. The van der Waals surface area contributed by atoms with Crippen LogP contribution in [0.1, 0.15) is 83.1 Å². The Labute approximate surface area is 466 Å². The van der Waals surface area contributed by atoms with Gasteiger partial charge in [-0.25, -0.2) is 9.48 Å². The Hall–Kier alpha value is -6.47. The summed E-state index contributed by atoms with van der Waals surface area (Å²) in [6, 6.07) is 13.6. The summed E-state index contributed by atoms with van der Waals surface area (Å²) < 4.78 is 19.3. The lowest BCUT2D eigenvalue weighted by molar-refractivity contribution is -0.145. The Kier molecular flexibility index (Phi) is 25.8. The fraction of sp³-hybridized carbons (Fsp3) is 0.593. The van der Waals surface area contributed by atoms with Crippen molar-refractivity contribution in [3.63, 3.8) is 0 Å². The van der Waals surface area contributed by atoms with Crippen LogP contribution in [0, 0.1) is 11.8 Å². The van der Waals surface area contributed by atoms with Crippen LogP contribution in [-0.2, 0) is 60.5 Å². The van der Waals surface area contributed by atoms with Crippen molar-refractivity contribution in [3.05, 3.63) is 54.1 Å². The van der Waals surface area contributed by atoms with E-state index in [1.807, 2.05) is 65.2 Å². The van der Waals surface area contributed by atoms with Crippen LogP contribution in [0.5, 0.6) is 0 Å². The van der Waals surface area contributed by atoms with Gasteiger partial charge in [0.2, 0.25) is 17.7 Å². The first-order valence-electron chi connectivity index (χ1n) is 27.3. The highest BCUT2D eigenvalue weighted by Gasteiger charge is 2.32. The molecule has 1 saturated heterocycles. The number of aliphatic carboxylic acids is 4. The molecular weight excluding hydrogens is 1060 g/mol. The monoisotopic (exact) mass is 1140 g/mol. The first kappa shape index (κ1) is 64.4. The molecule has 26 heteroatoms. The number of rotatable bonds is 30. The molecule has 5 rings (SSSR count). The second kappa shape index (κ2) is 32.1. The summed E-state index contributed by atoms with van der Waals surface area (Å²) in [5, 5.41) is 53.0. The van der Waals surface area contributed by atoms with Crippen LogP contribution in [0.15, 0.2) is 48.5 Å². The number of unbranched alkanes of at least 4 members (excludes halogenated alkanes) is 1. The predicted molar refractivity (Wildman–Crippen MR) is 295 cm³/mol. The Bertz CT molecular complexity index is 2650. The average Bonchev–Trinajstić information content (AvgIpc) is 3.85. The topological polar surface area (TPSA) is 335 Å². The third kappa shape index (κ3) is 20.9. The molecule has 1 fully saturated rings. The lowest BCUT2D eigenvalue weighted by Gasteiger charge is -2.31. The van der Waals surface area contributed by atoms with E-state index in [9.17, 15) is 68.2 Å². The first-order chi connectivity index (χ1) is 38.1. The van der Waals surface area contributed by atoms with Gasteiger partial charge >= 0.3 is 31.5 Å². The molecule has 0 radical (unpaired) electrons. The van der Waals surface area contributed by atoms with Crippen LogP contribution in [0.25, 0.3) is 22.5 Å². The van der Waals surface area contributed by atoms with Gasteiger partial charge in [0.1, 0.15) is 17.5 Å². The zero-order valence-corrected chi connectivity index (χ0v) is 47.0. The Balaban J connectivity index is 1.12. The fourth-order valence-corrected chi connectivity index (χ4v) is 11.0. The van der Waals surface area contributed by atoms with Crippen molar-refractivity contribution >= 4 is 60.7 Å². The molecule has 25 nitrogen and oxygen atoms in total. The standard InChI is InChI=1S/C54H79N10O15P/c1-4-12-40(53(73)74)37-80(77,78)79-32-21-38(52(71)72)33-41(65)19-20-44(54(75)76)56-46(66)17-9-10-18-48(68)63-34-39-13-5-6-14-42(39)51-50(43-15-7-8-16-45(43)63)57-58-64(51)23-11-22-55-47(67)35-61-28-26-59(2)24-25-60(3)27-29-62(31-30-61)36-49(69)70/h5-8,13-16,38,40,44H,4,9-12,17-37H2,1-3H3,(H,55,67)(H,56,66)(H,69,70)(H,71,72)(H,73,74)(H,75,76)(H,77,78)/t38?,40?,44-/m1/s1. The molecule has 440 valence electrons. The van der Waals surface area contributed by atoms with Crippen molar-refractivity contribution in [1.82, 2.24) is 45.2 Å². The van der Waals surface area contributed by atoms with Gasteiger partial charge in [-0.1, -0.05) is 61.0 Å². The number of carboxylic acids is 4. The van der Waals surface area contributed by atoms with Crippen LogP contribution in [0.4, 0.5) is 5.69 Å². The van der Waals surface area contributed by atoms with E-state index in [0.717, 1.165) is 43.0 Å². The van der Waals surface area contributed by atoms with E-state index in [1.54, 1.807) is 11.8 Å². The number of likely N-dealkylation sites (N-methyl/N-ethyl adjacent to an activating group) is 2.